The van der Waals surface area contributed by atoms with Crippen molar-refractivity contribution in [1.82, 2.24) is 0 Å². The summed E-state index contributed by atoms with van der Waals surface area (Å²) in [5, 5.41) is -0.0465. The fraction of sp³-hybridized carbons (Fsp3) is 0.300. The Bertz CT molecular complexity index is 1110. The van der Waals surface area contributed by atoms with E-state index < -0.39 is 24.1 Å². The van der Waals surface area contributed by atoms with E-state index in [4.69, 9.17) is 40.6 Å². The summed E-state index contributed by atoms with van der Waals surface area (Å²) >= 11 is 5.43. The highest BCUT2D eigenvalue weighted by Crippen LogP contribution is 2.40. The minimum atomic E-state index is -0.918. The number of ether oxygens (including phenoxy) is 6. The lowest BCUT2D eigenvalue weighted by atomic mass is 9.92. The summed E-state index contributed by atoms with van der Waals surface area (Å²) in [6.07, 6.45) is 0.179. The van der Waals surface area contributed by atoms with E-state index in [9.17, 15) is 0 Å². The van der Waals surface area contributed by atoms with Crippen LogP contribution in [0.15, 0.2) is 104 Å². The zero-order valence-corrected chi connectivity index (χ0v) is 21.7. The molecule has 37 heavy (non-hydrogen) atoms. The average Bonchev–Trinajstić information content (AvgIpc) is 3.21. The van der Waals surface area contributed by atoms with E-state index in [0.29, 0.717) is 25.4 Å². The molecule has 7 heteroatoms. The van der Waals surface area contributed by atoms with E-state index in [0.717, 1.165) is 11.1 Å². The first-order valence-electron chi connectivity index (χ1n) is 12.2. The quantitative estimate of drug-likeness (QED) is 0.219. The molecule has 1 aliphatic rings. The molecule has 1 saturated heterocycles. The molecular weight excluding hydrogens is 488 g/mol. The van der Waals surface area contributed by atoms with Gasteiger partial charge in [0.2, 0.25) is 0 Å². The number of para-hydroxylation sites is 1. The summed E-state index contributed by atoms with van der Waals surface area (Å²) in [5.74, 6) is 0.575. The molecule has 1 fully saturated rings. The van der Waals surface area contributed by atoms with Gasteiger partial charge in [0.15, 0.2) is 12.4 Å². The average molecular weight is 521 g/mol. The number of rotatable bonds is 12. The van der Waals surface area contributed by atoms with E-state index in [1.54, 1.807) is 25.3 Å². The number of hydrogen-bond acceptors (Lipinski definition) is 7. The van der Waals surface area contributed by atoms with E-state index >= 15 is 0 Å². The van der Waals surface area contributed by atoms with E-state index in [1.165, 1.54) is 0 Å². The normalized spacial score (nSPS) is 22.9. The van der Waals surface area contributed by atoms with E-state index in [1.807, 2.05) is 78.9 Å². The van der Waals surface area contributed by atoms with Gasteiger partial charge in [-0.3, -0.25) is 0 Å². The Morgan fingerprint density at radius 2 is 1.51 bits per heavy atom. The second kappa shape index (κ2) is 13.5. The fourth-order valence-corrected chi connectivity index (χ4v) is 4.54. The maximum Gasteiger partial charge on any atom is 0.358 e. The fourth-order valence-electron chi connectivity index (χ4n) is 4.33. The third-order valence-corrected chi connectivity index (χ3v) is 6.24. The molecule has 0 bridgehead atoms. The molecule has 6 nitrogen and oxygen atoms in total. The van der Waals surface area contributed by atoms with Gasteiger partial charge in [-0.15, -0.1) is 6.58 Å². The van der Waals surface area contributed by atoms with Gasteiger partial charge in [-0.1, -0.05) is 84.9 Å². The van der Waals surface area contributed by atoms with Gasteiger partial charge >= 0.3 is 5.24 Å². The van der Waals surface area contributed by atoms with Crippen molar-refractivity contribution in [3.05, 3.63) is 115 Å². The number of methoxy groups -OCH3 is 1. The van der Waals surface area contributed by atoms with Crippen LogP contribution in [0.1, 0.15) is 17.5 Å². The van der Waals surface area contributed by atoms with Crippen molar-refractivity contribution in [2.24, 2.45) is 0 Å². The molecule has 0 aliphatic carbocycles. The van der Waals surface area contributed by atoms with Crippen molar-refractivity contribution < 1.29 is 28.4 Å². The van der Waals surface area contributed by atoms with Gasteiger partial charge < -0.3 is 28.4 Å². The highest BCUT2D eigenvalue weighted by molar-refractivity contribution is 7.79. The molecule has 4 atom stereocenters. The standard InChI is InChI=1S/C30H32O6S/c1-3-19-30(22-32-20-23-13-7-4-8-14-23)27(33-21-24-15-9-5-10-16-24)26(28(31-2)36-30)35-29(37)34-25-17-11-6-12-18-25/h3-18,26-28H,1,19-22H2,2H3/t26-,27+,28+,30-/m1/s1. The smallest absolute Gasteiger partial charge is 0.358 e. The zero-order chi connectivity index (χ0) is 25.9. The van der Waals surface area contributed by atoms with Crippen molar-refractivity contribution >= 4 is 17.5 Å². The summed E-state index contributed by atoms with van der Waals surface area (Å²) in [6, 6.07) is 29.1. The van der Waals surface area contributed by atoms with Gasteiger partial charge in [0.25, 0.3) is 0 Å². The zero-order valence-electron chi connectivity index (χ0n) is 20.9. The maximum absolute atomic E-state index is 6.48. The van der Waals surface area contributed by atoms with Crippen LogP contribution in [-0.2, 0) is 36.9 Å². The van der Waals surface area contributed by atoms with E-state index in [2.05, 4.69) is 6.58 Å². The van der Waals surface area contributed by atoms with E-state index in [-0.39, 0.29) is 11.8 Å². The van der Waals surface area contributed by atoms with Gasteiger partial charge in [0.05, 0.1) is 19.8 Å². The Balaban J connectivity index is 1.55. The predicted molar refractivity (Wildman–Crippen MR) is 145 cm³/mol. The highest BCUT2D eigenvalue weighted by Gasteiger charge is 2.58. The lowest BCUT2D eigenvalue weighted by molar-refractivity contribution is -0.195. The molecule has 3 aromatic carbocycles. The Hall–Kier alpha value is -3.07. The van der Waals surface area contributed by atoms with Crippen LogP contribution in [0.3, 0.4) is 0 Å². The first-order chi connectivity index (χ1) is 18.1. The minimum Gasteiger partial charge on any atom is -0.445 e. The lowest BCUT2D eigenvalue weighted by Gasteiger charge is -2.34. The summed E-state index contributed by atoms with van der Waals surface area (Å²) in [7, 11) is 1.56. The molecule has 4 rings (SSSR count). The molecule has 1 aliphatic heterocycles. The van der Waals surface area contributed by atoms with Crippen molar-refractivity contribution in [3.8, 4) is 5.75 Å². The Morgan fingerprint density at radius 1 is 0.919 bits per heavy atom. The largest absolute Gasteiger partial charge is 0.445 e. The summed E-state index contributed by atoms with van der Waals surface area (Å²) < 4.78 is 36.7. The molecule has 0 saturated carbocycles. The topological polar surface area (TPSA) is 55.4 Å². The Labute approximate surface area is 223 Å². The lowest BCUT2D eigenvalue weighted by Crippen LogP contribution is -2.49. The van der Waals surface area contributed by atoms with Gasteiger partial charge in [0.1, 0.15) is 17.5 Å². The maximum atomic E-state index is 6.48. The molecule has 0 amide bonds. The number of hydrogen-bond donors (Lipinski definition) is 0. The van der Waals surface area contributed by atoms with Crippen LogP contribution in [0.25, 0.3) is 0 Å². The third kappa shape index (κ3) is 7.25. The van der Waals surface area contributed by atoms with Crippen LogP contribution in [0.5, 0.6) is 5.75 Å². The SMILES string of the molecule is C=CC[C@]1(COCc2ccccc2)O[C@H](OC)[C@H](OC(=S)Oc2ccccc2)[C@@H]1OCc1ccccc1. The predicted octanol–water partition coefficient (Wildman–Crippen LogP) is 5.86. The van der Waals surface area contributed by atoms with Crippen molar-refractivity contribution in [3.63, 3.8) is 0 Å². The molecule has 3 aromatic rings. The molecule has 0 aromatic heterocycles. The Morgan fingerprint density at radius 3 is 2.11 bits per heavy atom. The van der Waals surface area contributed by atoms with Crippen LogP contribution in [0.4, 0.5) is 0 Å². The van der Waals surface area contributed by atoms with Crippen molar-refractivity contribution in [2.45, 2.75) is 43.7 Å². The molecule has 194 valence electrons. The van der Waals surface area contributed by atoms with Gasteiger partial charge in [-0.25, -0.2) is 0 Å². The van der Waals surface area contributed by atoms with Gasteiger partial charge in [-0.05, 0) is 29.7 Å². The monoisotopic (exact) mass is 520 g/mol. The molecular formula is C30H32O6S. The van der Waals surface area contributed by atoms with Crippen LogP contribution in [0.2, 0.25) is 0 Å². The Kier molecular flexibility index (Phi) is 9.82. The van der Waals surface area contributed by atoms with Crippen LogP contribution in [0, 0.1) is 0 Å². The number of benzene rings is 3. The summed E-state index contributed by atoms with van der Waals surface area (Å²) in [6.45, 7) is 4.96. The number of thiocarbonyl (C=S) groups is 1. The van der Waals surface area contributed by atoms with Gasteiger partial charge in [0, 0.05) is 19.3 Å². The highest BCUT2D eigenvalue weighted by atomic mass is 32.1. The van der Waals surface area contributed by atoms with Crippen LogP contribution in [-0.4, -0.2) is 43.1 Å². The molecule has 0 N–H and O–H groups in total. The summed E-state index contributed by atoms with van der Waals surface area (Å²) in [5.41, 5.74) is 1.16. The minimum absolute atomic E-state index is 0.0465. The van der Waals surface area contributed by atoms with Crippen molar-refractivity contribution in [2.75, 3.05) is 13.7 Å². The molecule has 0 spiro atoms. The van der Waals surface area contributed by atoms with Crippen LogP contribution < -0.4 is 4.74 Å². The molecule has 1 heterocycles. The van der Waals surface area contributed by atoms with Crippen molar-refractivity contribution in [1.29, 1.82) is 0 Å². The second-order valence-corrected chi connectivity index (χ2v) is 9.06. The molecule has 0 unspecified atom stereocenters. The first kappa shape index (κ1) is 27.0. The van der Waals surface area contributed by atoms with Crippen LogP contribution >= 0.6 is 12.2 Å². The molecule has 0 radical (unpaired) electrons. The van der Waals surface area contributed by atoms with Gasteiger partial charge in [-0.2, -0.15) is 0 Å². The third-order valence-electron chi connectivity index (χ3n) is 6.07. The second-order valence-electron chi connectivity index (χ2n) is 8.72. The summed E-state index contributed by atoms with van der Waals surface area (Å²) in [4.78, 5) is 0. The first-order valence-corrected chi connectivity index (χ1v) is 12.6.